The molecule has 0 heterocycles. The average Bonchev–Trinajstić information content (AvgIpc) is 3.24. The molecule has 1 aliphatic carbocycles. The van der Waals surface area contributed by atoms with Crippen molar-refractivity contribution in [1.82, 2.24) is 4.90 Å². The fourth-order valence-electron chi connectivity index (χ4n) is 2.83. The Balaban J connectivity index is 2.21. The number of benzene rings is 1. The van der Waals surface area contributed by atoms with Crippen molar-refractivity contribution in [2.75, 3.05) is 7.05 Å². The molecular formula is C16H25FN2. The molecule has 0 aromatic heterocycles. The first-order valence-corrected chi connectivity index (χ1v) is 7.27. The lowest BCUT2D eigenvalue weighted by molar-refractivity contribution is 0.143. The Morgan fingerprint density at radius 2 is 1.89 bits per heavy atom. The molecule has 3 heteroatoms. The molecule has 0 aliphatic heterocycles. The molecule has 3 unspecified atom stereocenters. The van der Waals surface area contributed by atoms with Gasteiger partial charge in [0.05, 0.1) is 0 Å². The Kier molecular flexibility index (Phi) is 4.58. The Bertz CT molecular complexity index is 400. The molecule has 3 atom stereocenters. The van der Waals surface area contributed by atoms with E-state index in [9.17, 15) is 4.39 Å². The van der Waals surface area contributed by atoms with Crippen molar-refractivity contribution in [3.05, 3.63) is 35.6 Å². The third kappa shape index (κ3) is 3.34. The van der Waals surface area contributed by atoms with Gasteiger partial charge < -0.3 is 5.73 Å². The van der Waals surface area contributed by atoms with Crippen LogP contribution in [0.25, 0.3) is 0 Å². The van der Waals surface area contributed by atoms with Crippen LogP contribution in [0.2, 0.25) is 0 Å². The van der Waals surface area contributed by atoms with E-state index in [-0.39, 0.29) is 17.9 Å². The summed E-state index contributed by atoms with van der Waals surface area (Å²) in [5.74, 6) is 0.613. The van der Waals surface area contributed by atoms with Crippen molar-refractivity contribution in [3.8, 4) is 0 Å². The molecule has 0 spiro atoms. The highest BCUT2D eigenvalue weighted by Gasteiger charge is 2.35. The van der Waals surface area contributed by atoms with E-state index in [4.69, 9.17) is 5.73 Å². The summed E-state index contributed by atoms with van der Waals surface area (Å²) in [6, 6.07) is 7.57. The number of likely N-dealkylation sites (N-methyl/N-ethyl adjacent to an activating group) is 1. The lowest BCUT2D eigenvalue weighted by Crippen LogP contribution is -2.43. The monoisotopic (exact) mass is 264 g/mol. The predicted octanol–water partition coefficient (Wildman–Crippen LogP) is 3.33. The maximum absolute atomic E-state index is 13.1. The summed E-state index contributed by atoms with van der Waals surface area (Å²) < 4.78 is 13.1. The van der Waals surface area contributed by atoms with Crippen molar-refractivity contribution in [1.29, 1.82) is 0 Å². The fourth-order valence-corrected chi connectivity index (χ4v) is 2.83. The van der Waals surface area contributed by atoms with E-state index in [2.05, 4.69) is 25.8 Å². The minimum atomic E-state index is -0.189. The van der Waals surface area contributed by atoms with Gasteiger partial charge in [-0.25, -0.2) is 4.39 Å². The maximum Gasteiger partial charge on any atom is 0.123 e. The van der Waals surface area contributed by atoms with Crippen LogP contribution in [-0.4, -0.2) is 24.0 Å². The zero-order valence-electron chi connectivity index (χ0n) is 12.1. The molecule has 0 saturated heterocycles. The highest BCUT2D eigenvalue weighted by molar-refractivity contribution is 5.22. The zero-order valence-corrected chi connectivity index (χ0v) is 12.1. The molecule has 19 heavy (non-hydrogen) atoms. The van der Waals surface area contributed by atoms with Crippen LogP contribution < -0.4 is 5.73 Å². The third-order valence-corrected chi connectivity index (χ3v) is 4.47. The highest BCUT2D eigenvalue weighted by atomic mass is 19.1. The van der Waals surface area contributed by atoms with E-state index in [1.807, 2.05) is 12.1 Å². The second-order valence-corrected chi connectivity index (χ2v) is 5.81. The molecule has 0 radical (unpaired) electrons. The van der Waals surface area contributed by atoms with Gasteiger partial charge in [0, 0.05) is 18.1 Å². The zero-order chi connectivity index (χ0) is 14.0. The smallest absolute Gasteiger partial charge is 0.123 e. The van der Waals surface area contributed by atoms with Crippen LogP contribution >= 0.6 is 0 Å². The van der Waals surface area contributed by atoms with Crippen molar-refractivity contribution >= 4 is 0 Å². The van der Waals surface area contributed by atoms with Gasteiger partial charge in [-0.2, -0.15) is 0 Å². The topological polar surface area (TPSA) is 29.3 Å². The number of hydrogen-bond donors (Lipinski definition) is 1. The molecule has 2 N–H and O–H groups in total. The van der Waals surface area contributed by atoms with Crippen LogP contribution in [0.1, 0.15) is 44.7 Å². The summed E-state index contributed by atoms with van der Waals surface area (Å²) in [6.07, 6.45) is 3.57. The Morgan fingerprint density at radius 3 is 2.37 bits per heavy atom. The Hall–Kier alpha value is -0.930. The molecule has 1 saturated carbocycles. The summed E-state index contributed by atoms with van der Waals surface area (Å²) in [5.41, 5.74) is 7.43. The van der Waals surface area contributed by atoms with E-state index in [0.717, 1.165) is 17.9 Å². The van der Waals surface area contributed by atoms with Gasteiger partial charge in [0.1, 0.15) is 5.82 Å². The number of rotatable bonds is 6. The fraction of sp³-hybridized carbons (Fsp3) is 0.625. The molecule has 1 aromatic rings. The summed E-state index contributed by atoms with van der Waals surface area (Å²) in [7, 11) is 2.15. The van der Waals surface area contributed by atoms with Crippen LogP contribution in [0, 0.1) is 11.7 Å². The molecule has 2 rings (SSSR count). The standard InChI is InChI=1S/C16H25FN2/c1-4-15(18)16(13-7-9-14(17)10-8-13)19(3)11(2)12-5-6-12/h7-12,15-16H,4-6,18H2,1-3H3. The second kappa shape index (κ2) is 6.02. The van der Waals surface area contributed by atoms with Gasteiger partial charge in [0.25, 0.3) is 0 Å². The average molecular weight is 264 g/mol. The Morgan fingerprint density at radius 1 is 1.32 bits per heavy atom. The van der Waals surface area contributed by atoms with Gasteiger partial charge in [0.15, 0.2) is 0 Å². The first kappa shape index (κ1) is 14.5. The van der Waals surface area contributed by atoms with E-state index >= 15 is 0 Å². The summed E-state index contributed by atoms with van der Waals surface area (Å²) in [6.45, 7) is 4.38. The molecule has 106 valence electrons. The maximum atomic E-state index is 13.1. The van der Waals surface area contributed by atoms with Crippen LogP contribution in [0.4, 0.5) is 4.39 Å². The molecule has 0 amide bonds. The summed E-state index contributed by atoms with van der Waals surface area (Å²) >= 11 is 0. The molecule has 1 fully saturated rings. The third-order valence-electron chi connectivity index (χ3n) is 4.47. The number of nitrogens with zero attached hydrogens (tertiary/aromatic N) is 1. The number of halogens is 1. The van der Waals surface area contributed by atoms with Gasteiger partial charge in [-0.15, -0.1) is 0 Å². The number of hydrogen-bond acceptors (Lipinski definition) is 2. The molecule has 2 nitrogen and oxygen atoms in total. The molecule has 1 aliphatic rings. The Labute approximate surface area is 115 Å². The van der Waals surface area contributed by atoms with Gasteiger partial charge in [-0.3, -0.25) is 4.90 Å². The lowest BCUT2D eigenvalue weighted by Gasteiger charge is -2.37. The minimum Gasteiger partial charge on any atom is -0.326 e. The van der Waals surface area contributed by atoms with Crippen molar-refractivity contribution in [2.24, 2.45) is 11.7 Å². The predicted molar refractivity (Wildman–Crippen MR) is 77.4 cm³/mol. The van der Waals surface area contributed by atoms with Gasteiger partial charge >= 0.3 is 0 Å². The first-order valence-electron chi connectivity index (χ1n) is 7.27. The second-order valence-electron chi connectivity index (χ2n) is 5.81. The van der Waals surface area contributed by atoms with Crippen LogP contribution in [0.3, 0.4) is 0 Å². The molecular weight excluding hydrogens is 239 g/mol. The summed E-state index contributed by atoms with van der Waals surface area (Å²) in [5, 5.41) is 0. The normalized spacial score (nSPS) is 20.3. The summed E-state index contributed by atoms with van der Waals surface area (Å²) in [4.78, 5) is 2.37. The van der Waals surface area contributed by atoms with Crippen LogP contribution in [0.5, 0.6) is 0 Å². The largest absolute Gasteiger partial charge is 0.326 e. The van der Waals surface area contributed by atoms with E-state index in [1.165, 1.54) is 25.0 Å². The van der Waals surface area contributed by atoms with Crippen LogP contribution in [-0.2, 0) is 0 Å². The van der Waals surface area contributed by atoms with Gasteiger partial charge in [-0.05, 0) is 56.8 Å². The van der Waals surface area contributed by atoms with E-state index < -0.39 is 0 Å². The van der Waals surface area contributed by atoms with Crippen molar-refractivity contribution in [3.63, 3.8) is 0 Å². The lowest BCUT2D eigenvalue weighted by atomic mass is 9.95. The first-order chi connectivity index (χ1) is 9.04. The number of nitrogens with two attached hydrogens (primary N) is 1. The quantitative estimate of drug-likeness (QED) is 0.854. The molecule has 1 aromatic carbocycles. The van der Waals surface area contributed by atoms with Gasteiger partial charge in [-0.1, -0.05) is 19.1 Å². The van der Waals surface area contributed by atoms with Gasteiger partial charge in [0.2, 0.25) is 0 Å². The van der Waals surface area contributed by atoms with E-state index in [0.29, 0.717) is 6.04 Å². The van der Waals surface area contributed by atoms with Crippen molar-refractivity contribution < 1.29 is 4.39 Å². The SMILES string of the molecule is CCC(N)C(c1ccc(F)cc1)N(C)C(C)C1CC1. The minimum absolute atomic E-state index is 0.0802. The van der Waals surface area contributed by atoms with Crippen LogP contribution in [0.15, 0.2) is 24.3 Å². The van der Waals surface area contributed by atoms with E-state index in [1.54, 1.807) is 0 Å². The molecule has 0 bridgehead atoms. The van der Waals surface area contributed by atoms with Crippen molar-refractivity contribution in [2.45, 2.75) is 51.2 Å². The highest BCUT2D eigenvalue weighted by Crippen LogP contribution is 2.38.